The molecule has 20 heavy (non-hydrogen) atoms. The average molecular weight is 284 g/mol. The molecular formula is C13H24N4O3. The molecule has 2 aliphatic rings. The number of urea groups is 1. The third-order valence-corrected chi connectivity index (χ3v) is 3.83. The van der Waals surface area contributed by atoms with E-state index in [2.05, 4.69) is 5.32 Å². The van der Waals surface area contributed by atoms with E-state index < -0.39 is 5.97 Å². The molecular weight excluding hydrogens is 260 g/mol. The van der Waals surface area contributed by atoms with Gasteiger partial charge in [-0.15, -0.1) is 0 Å². The summed E-state index contributed by atoms with van der Waals surface area (Å²) in [5.41, 5.74) is 0. The molecule has 0 atom stereocenters. The van der Waals surface area contributed by atoms with Crippen molar-refractivity contribution in [1.82, 2.24) is 20.0 Å². The number of amides is 2. The quantitative estimate of drug-likeness (QED) is 0.714. The zero-order valence-electron chi connectivity index (χ0n) is 11.9. The molecule has 0 aliphatic carbocycles. The van der Waals surface area contributed by atoms with Crippen molar-refractivity contribution < 1.29 is 14.7 Å². The lowest BCUT2D eigenvalue weighted by molar-refractivity contribution is -0.138. The summed E-state index contributed by atoms with van der Waals surface area (Å²) in [7, 11) is 0. The summed E-state index contributed by atoms with van der Waals surface area (Å²) in [5, 5.41) is 12.1. The molecule has 0 saturated carbocycles. The second-order valence-corrected chi connectivity index (χ2v) is 5.38. The number of hydrogen-bond donors (Lipinski definition) is 2. The van der Waals surface area contributed by atoms with Crippen LogP contribution >= 0.6 is 0 Å². The molecule has 2 heterocycles. The van der Waals surface area contributed by atoms with E-state index in [4.69, 9.17) is 5.11 Å². The van der Waals surface area contributed by atoms with E-state index >= 15 is 0 Å². The van der Waals surface area contributed by atoms with Crippen LogP contribution in [-0.4, -0.2) is 90.7 Å². The number of carbonyl (C=O) groups excluding carboxylic acids is 1. The lowest BCUT2D eigenvalue weighted by Crippen LogP contribution is -2.46. The Kier molecular flexibility index (Phi) is 5.60. The van der Waals surface area contributed by atoms with Gasteiger partial charge >= 0.3 is 12.0 Å². The molecule has 2 saturated heterocycles. The number of aliphatic carboxylic acids is 1. The van der Waals surface area contributed by atoms with Crippen LogP contribution in [0, 0.1) is 0 Å². The van der Waals surface area contributed by atoms with Crippen molar-refractivity contribution in [2.24, 2.45) is 0 Å². The highest BCUT2D eigenvalue weighted by molar-refractivity contribution is 5.74. The van der Waals surface area contributed by atoms with Crippen LogP contribution < -0.4 is 5.32 Å². The highest BCUT2D eigenvalue weighted by Gasteiger charge is 2.24. The number of rotatable bonds is 2. The van der Waals surface area contributed by atoms with E-state index in [9.17, 15) is 9.59 Å². The van der Waals surface area contributed by atoms with Crippen LogP contribution in [0.15, 0.2) is 0 Å². The van der Waals surface area contributed by atoms with Gasteiger partial charge in [-0.2, -0.15) is 0 Å². The van der Waals surface area contributed by atoms with Gasteiger partial charge in [-0.25, -0.2) is 4.79 Å². The maximum atomic E-state index is 12.5. The highest BCUT2D eigenvalue weighted by atomic mass is 16.4. The van der Waals surface area contributed by atoms with Gasteiger partial charge in [0.1, 0.15) is 0 Å². The first kappa shape index (κ1) is 15.1. The van der Waals surface area contributed by atoms with Gasteiger partial charge in [0.2, 0.25) is 0 Å². The van der Waals surface area contributed by atoms with Crippen LogP contribution in [0.3, 0.4) is 0 Å². The Balaban J connectivity index is 1.85. The summed E-state index contributed by atoms with van der Waals surface area (Å²) >= 11 is 0. The Labute approximate surface area is 119 Å². The SMILES string of the molecule is O=C(O)CN1CCCN(C(=O)N2CCCNCC2)CC1. The van der Waals surface area contributed by atoms with Crippen molar-refractivity contribution in [3.05, 3.63) is 0 Å². The number of carboxylic acids is 1. The van der Waals surface area contributed by atoms with E-state index in [-0.39, 0.29) is 12.6 Å². The van der Waals surface area contributed by atoms with Crippen molar-refractivity contribution in [3.8, 4) is 0 Å². The Hall–Kier alpha value is -1.34. The predicted octanol–water partition coefficient (Wildman–Crippen LogP) is -0.506. The number of nitrogens with zero attached hydrogens (tertiary/aromatic N) is 3. The first-order valence-corrected chi connectivity index (χ1v) is 7.35. The summed E-state index contributed by atoms with van der Waals surface area (Å²) in [5.74, 6) is -0.802. The van der Waals surface area contributed by atoms with Crippen LogP contribution in [0.2, 0.25) is 0 Å². The molecule has 0 aromatic heterocycles. The molecule has 0 aromatic carbocycles. The van der Waals surface area contributed by atoms with E-state index in [1.54, 1.807) is 0 Å². The summed E-state index contributed by atoms with van der Waals surface area (Å²) in [4.78, 5) is 28.9. The molecule has 7 nitrogen and oxygen atoms in total. The number of nitrogens with one attached hydrogen (secondary N) is 1. The topological polar surface area (TPSA) is 76.1 Å². The molecule has 0 aromatic rings. The van der Waals surface area contributed by atoms with Gasteiger partial charge in [0, 0.05) is 45.8 Å². The minimum Gasteiger partial charge on any atom is -0.480 e. The fraction of sp³-hybridized carbons (Fsp3) is 0.846. The van der Waals surface area contributed by atoms with Crippen LogP contribution in [0.4, 0.5) is 4.79 Å². The lowest BCUT2D eigenvalue weighted by Gasteiger charge is -2.29. The molecule has 114 valence electrons. The molecule has 0 spiro atoms. The van der Waals surface area contributed by atoms with Gasteiger partial charge < -0.3 is 20.2 Å². The van der Waals surface area contributed by atoms with Gasteiger partial charge in [0.05, 0.1) is 6.54 Å². The molecule has 2 aliphatic heterocycles. The predicted molar refractivity (Wildman–Crippen MR) is 74.7 cm³/mol. The van der Waals surface area contributed by atoms with E-state index in [0.717, 1.165) is 52.1 Å². The van der Waals surface area contributed by atoms with Crippen molar-refractivity contribution >= 4 is 12.0 Å². The smallest absolute Gasteiger partial charge is 0.320 e. The molecule has 7 heteroatoms. The highest BCUT2D eigenvalue weighted by Crippen LogP contribution is 2.08. The summed E-state index contributed by atoms with van der Waals surface area (Å²) in [6, 6.07) is 0.103. The molecule has 2 rings (SSSR count). The standard InChI is InChI=1S/C13H24N4O3/c18-12(19)11-15-5-2-7-17(10-9-15)13(20)16-6-1-3-14-4-8-16/h14H,1-11H2,(H,18,19). The van der Waals surface area contributed by atoms with Gasteiger partial charge in [-0.05, 0) is 19.4 Å². The Morgan fingerprint density at radius 1 is 0.900 bits per heavy atom. The molecule has 2 fully saturated rings. The van der Waals surface area contributed by atoms with Crippen molar-refractivity contribution in [1.29, 1.82) is 0 Å². The summed E-state index contributed by atoms with van der Waals surface area (Å²) in [6.45, 7) is 6.18. The Morgan fingerprint density at radius 2 is 1.65 bits per heavy atom. The molecule has 2 amide bonds. The fourth-order valence-corrected chi connectivity index (χ4v) is 2.75. The van der Waals surface area contributed by atoms with Gasteiger partial charge in [-0.3, -0.25) is 9.69 Å². The third kappa shape index (κ3) is 4.35. The van der Waals surface area contributed by atoms with Crippen molar-refractivity contribution in [2.45, 2.75) is 12.8 Å². The van der Waals surface area contributed by atoms with Gasteiger partial charge in [0.15, 0.2) is 0 Å². The molecule has 0 unspecified atom stereocenters. The maximum Gasteiger partial charge on any atom is 0.320 e. The van der Waals surface area contributed by atoms with Crippen molar-refractivity contribution in [2.75, 3.05) is 58.9 Å². The van der Waals surface area contributed by atoms with Gasteiger partial charge in [-0.1, -0.05) is 0 Å². The lowest BCUT2D eigenvalue weighted by atomic mass is 10.3. The maximum absolute atomic E-state index is 12.5. The first-order chi connectivity index (χ1) is 9.66. The number of carboxylic acid groups (broad SMARTS) is 1. The van der Waals surface area contributed by atoms with Crippen LogP contribution in [0.25, 0.3) is 0 Å². The Morgan fingerprint density at radius 3 is 2.45 bits per heavy atom. The van der Waals surface area contributed by atoms with Crippen LogP contribution in [-0.2, 0) is 4.79 Å². The average Bonchev–Trinajstić information content (AvgIpc) is 2.80. The fourth-order valence-electron chi connectivity index (χ4n) is 2.75. The largest absolute Gasteiger partial charge is 0.480 e. The minimum atomic E-state index is -0.802. The van der Waals surface area contributed by atoms with Crippen LogP contribution in [0.5, 0.6) is 0 Å². The molecule has 2 N–H and O–H groups in total. The molecule has 0 bridgehead atoms. The second-order valence-electron chi connectivity index (χ2n) is 5.38. The minimum absolute atomic E-state index is 0.0651. The monoisotopic (exact) mass is 284 g/mol. The van der Waals surface area contributed by atoms with Gasteiger partial charge in [0.25, 0.3) is 0 Å². The van der Waals surface area contributed by atoms with Crippen LogP contribution in [0.1, 0.15) is 12.8 Å². The zero-order valence-corrected chi connectivity index (χ0v) is 11.9. The second kappa shape index (κ2) is 7.44. The number of hydrogen-bond acceptors (Lipinski definition) is 4. The summed E-state index contributed by atoms with van der Waals surface area (Å²) < 4.78 is 0. The van der Waals surface area contributed by atoms with E-state index in [1.807, 2.05) is 14.7 Å². The number of carbonyl (C=O) groups is 2. The zero-order chi connectivity index (χ0) is 14.4. The summed E-state index contributed by atoms with van der Waals surface area (Å²) in [6.07, 6.45) is 1.83. The Bertz CT molecular complexity index is 343. The third-order valence-electron chi connectivity index (χ3n) is 3.83. The van der Waals surface area contributed by atoms with E-state index in [0.29, 0.717) is 13.1 Å². The molecule has 0 radical (unpaired) electrons. The van der Waals surface area contributed by atoms with E-state index in [1.165, 1.54) is 0 Å². The normalized spacial score (nSPS) is 22.2. The first-order valence-electron chi connectivity index (χ1n) is 7.35. The van der Waals surface area contributed by atoms with Crippen molar-refractivity contribution in [3.63, 3.8) is 0 Å².